The Bertz CT molecular complexity index is 809. The molecule has 7 heteroatoms. The first-order valence-electron chi connectivity index (χ1n) is 11.7. The number of carboxylic acids is 2. The third kappa shape index (κ3) is 6.78. The van der Waals surface area contributed by atoms with Crippen LogP contribution in [0.4, 0.5) is 0 Å². The normalized spacial score (nSPS) is 14.9. The lowest BCUT2D eigenvalue weighted by molar-refractivity contribution is -0.147. The van der Waals surface area contributed by atoms with Crippen LogP contribution in [0.3, 0.4) is 0 Å². The first kappa shape index (κ1) is 25.8. The van der Waals surface area contributed by atoms with Gasteiger partial charge in [-0.05, 0) is 76.8 Å². The maximum atomic E-state index is 11.3. The smallest absolute Gasteiger partial charge is 0.309 e. The van der Waals surface area contributed by atoms with Gasteiger partial charge in [0.25, 0.3) is 0 Å². The molecule has 1 aromatic carbocycles. The molecule has 180 valence electrons. The summed E-state index contributed by atoms with van der Waals surface area (Å²) in [5, 5.41) is 48.7. The van der Waals surface area contributed by atoms with Crippen molar-refractivity contribution >= 4 is 11.9 Å². The van der Waals surface area contributed by atoms with Crippen LogP contribution in [0, 0.1) is 10.8 Å². The fourth-order valence-electron chi connectivity index (χ4n) is 4.25. The molecule has 0 saturated heterocycles. The van der Waals surface area contributed by atoms with Gasteiger partial charge >= 0.3 is 11.9 Å². The standard InChI is InChI=1S/C25H38O7/c1-24(2,22(29)30)12-8-4-3-6-10-17-16-19(26)21(28)20(27)18(17)11-7-5-9-13-25(14-15-25)23(31)32/h16,26-28H,3-15H2,1-2H3,(H,29,30)(H,31,32). The van der Waals surface area contributed by atoms with E-state index in [1.54, 1.807) is 13.8 Å². The van der Waals surface area contributed by atoms with Gasteiger partial charge in [-0.2, -0.15) is 0 Å². The van der Waals surface area contributed by atoms with E-state index in [9.17, 15) is 35.1 Å². The van der Waals surface area contributed by atoms with E-state index in [1.165, 1.54) is 6.07 Å². The van der Waals surface area contributed by atoms with Crippen molar-refractivity contribution in [2.45, 2.75) is 97.3 Å². The third-order valence-electron chi connectivity index (χ3n) is 6.92. The van der Waals surface area contributed by atoms with Crippen LogP contribution in [0.2, 0.25) is 0 Å². The Morgan fingerprint density at radius 1 is 0.875 bits per heavy atom. The fourth-order valence-corrected chi connectivity index (χ4v) is 4.25. The van der Waals surface area contributed by atoms with Crippen LogP contribution < -0.4 is 0 Å². The lowest BCUT2D eigenvalue weighted by Gasteiger charge is -2.18. The monoisotopic (exact) mass is 450 g/mol. The summed E-state index contributed by atoms with van der Waals surface area (Å²) in [6.45, 7) is 3.46. The van der Waals surface area contributed by atoms with E-state index in [1.807, 2.05) is 0 Å². The van der Waals surface area contributed by atoms with Gasteiger partial charge in [0.05, 0.1) is 10.8 Å². The highest BCUT2D eigenvalue weighted by Gasteiger charge is 2.49. The molecular weight excluding hydrogens is 412 g/mol. The summed E-state index contributed by atoms with van der Waals surface area (Å²) in [4.78, 5) is 22.4. The van der Waals surface area contributed by atoms with E-state index < -0.39 is 28.5 Å². The van der Waals surface area contributed by atoms with Gasteiger partial charge in [-0.25, -0.2) is 0 Å². The van der Waals surface area contributed by atoms with Crippen molar-refractivity contribution in [1.29, 1.82) is 0 Å². The van der Waals surface area contributed by atoms with Crippen LogP contribution in [-0.4, -0.2) is 37.5 Å². The van der Waals surface area contributed by atoms with E-state index in [-0.39, 0.29) is 11.5 Å². The molecule has 1 saturated carbocycles. The number of rotatable bonds is 15. The van der Waals surface area contributed by atoms with Crippen molar-refractivity contribution in [3.05, 3.63) is 17.2 Å². The third-order valence-corrected chi connectivity index (χ3v) is 6.92. The van der Waals surface area contributed by atoms with Crippen LogP contribution in [0.25, 0.3) is 0 Å². The molecule has 0 spiro atoms. The maximum absolute atomic E-state index is 11.3. The van der Waals surface area contributed by atoms with E-state index in [0.717, 1.165) is 63.4 Å². The number of hydrogen-bond acceptors (Lipinski definition) is 5. The number of aryl methyl sites for hydroxylation is 1. The predicted molar refractivity (Wildman–Crippen MR) is 121 cm³/mol. The van der Waals surface area contributed by atoms with Gasteiger partial charge in [-0.15, -0.1) is 0 Å². The van der Waals surface area contributed by atoms with Gasteiger partial charge in [-0.1, -0.05) is 32.1 Å². The van der Waals surface area contributed by atoms with E-state index in [0.29, 0.717) is 31.2 Å². The summed E-state index contributed by atoms with van der Waals surface area (Å²) in [5.74, 6) is -2.59. The van der Waals surface area contributed by atoms with Crippen molar-refractivity contribution in [2.24, 2.45) is 10.8 Å². The quantitative estimate of drug-likeness (QED) is 0.179. The number of carboxylic acid groups (broad SMARTS) is 2. The van der Waals surface area contributed by atoms with Gasteiger partial charge in [0, 0.05) is 5.56 Å². The summed E-state index contributed by atoms with van der Waals surface area (Å²) in [5.41, 5.74) is 0.231. The van der Waals surface area contributed by atoms with Crippen molar-refractivity contribution in [3.8, 4) is 17.2 Å². The second-order valence-corrected chi connectivity index (χ2v) is 9.98. The molecule has 32 heavy (non-hydrogen) atoms. The van der Waals surface area contributed by atoms with Crippen LogP contribution in [-0.2, 0) is 22.4 Å². The first-order chi connectivity index (χ1) is 15.0. The summed E-state index contributed by atoms with van der Waals surface area (Å²) >= 11 is 0. The lowest BCUT2D eigenvalue weighted by Crippen LogP contribution is -2.23. The lowest BCUT2D eigenvalue weighted by atomic mass is 9.87. The first-order valence-corrected chi connectivity index (χ1v) is 11.7. The molecular formula is C25H38O7. The highest BCUT2D eigenvalue weighted by atomic mass is 16.4. The Morgan fingerprint density at radius 3 is 2.06 bits per heavy atom. The molecule has 0 atom stereocenters. The minimum Gasteiger partial charge on any atom is -0.504 e. The van der Waals surface area contributed by atoms with Crippen LogP contribution >= 0.6 is 0 Å². The van der Waals surface area contributed by atoms with Gasteiger partial charge < -0.3 is 25.5 Å². The maximum Gasteiger partial charge on any atom is 0.309 e. The molecule has 7 nitrogen and oxygen atoms in total. The summed E-state index contributed by atoms with van der Waals surface area (Å²) in [7, 11) is 0. The van der Waals surface area contributed by atoms with E-state index >= 15 is 0 Å². The Hall–Kier alpha value is -2.44. The highest BCUT2D eigenvalue weighted by Crippen LogP contribution is 2.50. The minimum absolute atomic E-state index is 0.271. The van der Waals surface area contributed by atoms with Crippen LogP contribution in [0.5, 0.6) is 17.2 Å². The zero-order valence-electron chi connectivity index (χ0n) is 19.3. The zero-order valence-corrected chi connectivity index (χ0v) is 19.3. The average Bonchev–Trinajstić information content (AvgIpc) is 3.51. The summed E-state index contributed by atoms with van der Waals surface area (Å²) in [6, 6.07) is 1.52. The fraction of sp³-hybridized carbons (Fsp3) is 0.680. The second kappa shape index (κ2) is 10.9. The van der Waals surface area contributed by atoms with Crippen LogP contribution in [0.15, 0.2) is 6.07 Å². The summed E-state index contributed by atoms with van der Waals surface area (Å²) in [6.07, 6.45) is 9.95. The number of hydrogen-bond donors (Lipinski definition) is 5. The molecule has 5 N–H and O–H groups in total. The van der Waals surface area contributed by atoms with Crippen molar-refractivity contribution in [2.75, 3.05) is 0 Å². The highest BCUT2D eigenvalue weighted by molar-refractivity contribution is 5.77. The predicted octanol–water partition coefficient (Wildman–Crippen LogP) is 5.37. The van der Waals surface area contributed by atoms with Crippen LogP contribution in [0.1, 0.15) is 95.6 Å². The van der Waals surface area contributed by atoms with Crippen molar-refractivity contribution in [1.82, 2.24) is 0 Å². The molecule has 1 aromatic rings. The molecule has 0 aliphatic heterocycles. The topological polar surface area (TPSA) is 135 Å². The molecule has 2 rings (SSSR count). The van der Waals surface area contributed by atoms with Crippen molar-refractivity contribution in [3.63, 3.8) is 0 Å². The Morgan fingerprint density at radius 2 is 1.47 bits per heavy atom. The average molecular weight is 451 g/mol. The number of carbonyl (C=O) groups is 2. The SMILES string of the molecule is CC(C)(CCCCCCc1cc(O)c(O)c(O)c1CCCCCC1(C(=O)O)CC1)C(=O)O. The Labute approximate surface area is 190 Å². The number of aromatic hydroxyl groups is 3. The molecule has 0 amide bonds. The summed E-state index contributed by atoms with van der Waals surface area (Å²) < 4.78 is 0. The van der Waals surface area contributed by atoms with Gasteiger partial charge in [-0.3, -0.25) is 9.59 Å². The van der Waals surface area contributed by atoms with E-state index in [2.05, 4.69) is 0 Å². The minimum atomic E-state index is -0.785. The molecule has 1 fully saturated rings. The van der Waals surface area contributed by atoms with Gasteiger partial charge in [0.1, 0.15) is 0 Å². The molecule has 0 unspecified atom stereocenters. The number of phenols is 3. The zero-order chi connectivity index (χ0) is 23.9. The Kier molecular flexibility index (Phi) is 8.81. The molecule has 1 aliphatic carbocycles. The molecule has 1 aliphatic rings. The number of unbranched alkanes of at least 4 members (excludes halogenated alkanes) is 5. The molecule has 0 aromatic heterocycles. The number of aliphatic carboxylic acids is 2. The van der Waals surface area contributed by atoms with E-state index in [4.69, 9.17) is 0 Å². The molecule has 0 bridgehead atoms. The number of phenolic OH excluding ortho intramolecular Hbond substituents is 3. The number of benzene rings is 1. The van der Waals surface area contributed by atoms with Gasteiger partial charge in [0.2, 0.25) is 5.75 Å². The molecule has 0 radical (unpaired) electrons. The van der Waals surface area contributed by atoms with Crippen molar-refractivity contribution < 1.29 is 35.1 Å². The largest absolute Gasteiger partial charge is 0.504 e. The molecule has 0 heterocycles. The van der Waals surface area contributed by atoms with Gasteiger partial charge in [0.15, 0.2) is 11.5 Å². The second-order valence-electron chi connectivity index (χ2n) is 9.98. The Balaban J connectivity index is 1.82.